The van der Waals surface area contributed by atoms with Gasteiger partial charge in [0.05, 0.1) is 0 Å². The molecule has 0 aromatic heterocycles. The van der Waals surface area contributed by atoms with Gasteiger partial charge in [0.2, 0.25) is 0 Å². The average molecular weight is 212 g/mol. The van der Waals surface area contributed by atoms with Crippen molar-refractivity contribution in [2.75, 3.05) is 19.6 Å². The molecule has 0 aliphatic carbocycles. The summed E-state index contributed by atoms with van der Waals surface area (Å²) in [5.74, 6) is 0.852. The molecule has 0 spiro atoms. The molecule has 88 valence electrons. The molecule has 0 bridgehead atoms. The quantitative estimate of drug-likeness (QED) is 0.763. The number of likely N-dealkylation sites (tertiary alicyclic amines) is 1. The summed E-state index contributed by atoms with van der Waals surface area (Å²) >= 11 is 0. The minimum absolute atomic E-state index is 0.131. The van der Waals surface area contributed by atoms with Gasteiger partial charge in [-0.3, -0.25) is 0 Å². The minimum atomic E-state index is 0.131. The van der Waals surface area contributed by atoms with Crippen molar-refractivity contribution in [1.29, 1.82) is 0 Å². The van der Waals surface area contributed by atoms with Gasteiger partial charge in [0.1, 0.15) is 0 Å². The number of amides is 2. The highest BCUT2D eigenvalue weighted by Gasteiger charge is 2.21. The van der Waals surface area contributed by atoms with Crippen LogP contribution in [0.4, 0.5) is 4.79 Å². The van der Waals surface area contributed by atoms with Crippen LogP contribution in [-0.2, 0) is 0 Å². The first-order valence-electron chi connectivity index (χ1n) is 6.30. The van der Waals surface area contributed by atoms with Crippen LogP contribution in [0.3, 0.4) is 0 Å². The van der Waals surface area contributed by atoms with E-state index in [9.17, 15) is 4.79 Å². The van der Waals surface area contributed by atoms with Crippen molar-refractivity contribution in [3.63, 3.8) is 0 Å². The molecule has 0 aromatic carbocycles. The second-order valence-corrected chi connectivity index (χ2v) is 4.45. The van der Waals surface area contributed by atoms with E-state index in [-0.39, 0.29) is 6.03 Å². The number of carbonyl (C=O) groups excluding carboxylic acids is 1. The summed E-state index contributed by atoms with van der Waals surface area (Å²) in [7, 11) is 0. The third-order valence-electron chi connectivity index (χ3n) is 3.12. The van der Waals surface area contributed by atoms with Gasteiger partial charge in [0.25, 0.3) is 0 Å². The smallest absolute Gasteiger partial charge is 0.317 e. The van der Waals surface area contributed by atoms with Crippen molar-refractivity contribution in [1.82, 2.24) is 10.2 Å². The lowest BCUT2D eigenvalue weighted by molar-refractivity contribution is 0.168. The lowest BCUT2D eigenvalue weighted by Crippen LogP contribution is -2.44. The van der Waals surface area contributed by atoms with Crippen LogP contribution in [0.1, 0.15) is 46.0 Å². The molecule has 0 aromatic rings. The third kappa shape index (κ3) is 4.10. The lowest BCUT2D eigenvalue weighted by Gasteiger charge is -2.31. The predicted octanol–water partition coefficient (Wildman–Crippen LogP) is 2.62. The van der Waals surface area contributed by atoms with Crippen LogP contribution in [-0.4, -0.2) is 30.6 Å². The van der Waals surface area contributed by atoms with Crippen molar-refractivity contribution in [2.24, 2.45) is 5.92 Å². The molecule has 3 heteroatoms. The summed E-state index contributed by atoms with van der Waals surface area (Å²) in [6.45, 7) is 7.00. The molecule has 0 unspecified atom stereocenters. The van der Waals surface area contributed by atoms with Gasteiger partial charge in [-0.25, -0.2) is 4.79 Å². The fourth-order valence-corrected chi connectivity index (χ4v) is 2.18. The Morgan fingerprint density at radius 1 is 1.27 bits per heavy atom. The number of nitrogens with zero attached hydrogens (tertiary/aromatic N) is 1. The Balaban J connectivity index is 2.21. The molecule has 1 N–H and O–H groups in total. The van der Waals surface area contributed by atoms with Gasteiger partial charge in [0.15, 0.2) is 0 Å². The van der Waals surface area contributed by atoms with Gasteiger partial charge < -0.3 is 10.2 Å². The first kappa shape index (κ1) is 12.3. The normalized spacial score (nSPS) is 17.9. The Hall–Kier alpha value is -0.730. The zero-order chi connectivity index (χ0) is 11.1. The van der Waals surface area contributed by atoms with Crippen LogP contribution in [0.15, 0.2) is 0 Å². The summed E-state index contributed by atoms with van der Waals surface area (Å²) in [6.07, 6.45) is 5.98. The zero-order valence-electron chi connectivity index (χ0n) is 10.1. The van der Waals surface area contributed by atoms with E-state index in [1.54, 1.807) is 0 Å². The maximum absolute atomic E-state index is 11.6. The number of nitrogens with one attached hydrogen (secondary N) is 1. The van der Waals surface area contributed by atoms with E-state index >= 15 is 0 Å². The van der Waals surface area contributed by atoms with E-state index in [1.165, 1.54) is 25.7 Å². The minimum Gasteiger partial charge on any atom is -0.338 e. The van der Waals surface area contributed by atoms with Gasteiger partial charge in [-0.15, -0.1) is 0 Å². The molecule has 0 radical (unpaired) electrons. The van der Waals surface area contributed by atoms with Crippen molar-refractivity contribution in [3.05, 3.63) is 0 Å². The van der Waals surface area contributed by atoms with Crippen molar-refractivity contribution >= 4 is 6.03 Å². The second-order valence-electron chi connectivity index (χ2n) is 4.45. The van der Waals surface area contributed by atoms with E-state index in [1.807, 2.05) is 4.90 Å². The summed E-state index contributed by atoms with van der Waals surface area (Å²) < 4.78 is 0. The molecular formula is C12H24N2O. The molecular weight excluding hydrogens is 188 g/mol. The van der Waals surface area contributed by atoms with Gasteiger partial charge in [-0.2, -0.15) is 0 Å². The SMILES string of the molecule is CCCNC(=O)N1CCC(CCC)CC1. The summed E-state index contributed by atoms with van der Waals surface area (Å²) in [5, 5.41) is 2.94. The summed E-state index contributed by atoms with van der Waals surface area (Å²) in [5.41, 5.74) is 0. The number of rotatable bonds is 4. The molecule has 15 heavy (non-hydrogen) atoms. The Morgan fingerprint density at radius 3 is 2.47 bits per heavy atom. The summed E-state index contributed by atoms with van der Waals surface area (Å²) in [4.78, 5) is 13.6. The van der Waals surface area contributed by atoms with Crippen LogP contribution >= 0.6 is 0 Å². The third-order valence-corrected chi connectivity index (χ3v) is 3.12. The molecule has 1 fully saturated rings. The molecule has 0 saturated carbocycles. The second kappa shape index (κ2) is 6.70. The standard InChI is InChI=1S/C12H24N2O/c1-3-5-11-6-9-14(10-7-11)12(15)13-8-4-2/h11H,3-10H2,1-2H3,(H,13,15). The van der Waals surface area contributed by atoms with Crippen molar-refractivity contribution in [2.45, 2.75) is 46.0 Å². The van der Waals surface area contributed by atoms with Gasteiger partial charge in [0, 0.05) is 19.6 Å². The van der Waals surface area contributed by atoms with E-state index in [0.29, 0.717) is 0 Å². The van der Waals surface area contributed by atoms with Gasteiger partial charge >= 0.3 is 6.03 Å². The van der Waals surface area contributed by atoms with Crippen LogP contribution in [0.2, 0.25) is 0 Å². The highest BCUT2D eigenvalue weighted by molar-refractivity contribution is 5.74. The molecule has 2 amide bonds. The van der Waals surface area contributed by atoms with E-state index in [4.69, 9.17) is 0 Å². The number of hydrogen-bond donors (Lipinski definition) is 1. The van der Waals surface area contributed by atoms with Crippen LogP contribution in [0, 0.1) is 5.92 Å². The van der Waals surface area contributed by atoms with E-state index in [2.05, 4.69) is 19.2 Å². The van der Waals surface area contributed by atoms with Gasteiger partial charge in [-0.05, 0) is 25.2 Å². The van der Waals surface area contributed by atoms with E-state index in [0.717, 1.165) is 32.0 Å². The molecule has 0 atom stereocenters. The lowest BCUT2D eigenvalue weighted by atomic mass is 9.93. The zero-order valence-corrected chi connectivity index (χ0v) is 10.1. The molecule has 1 rings (SSSR count). The predicted molar refractivity (Wildman–Crippen MR) is 62.9 cm³/mol. The van der Waals surface area contributed by atoms with Crippen molar-refractivity contribution < 1.29 is 4.79 Å². The van der Waals surface area contributed by atoms with Gasteiger partial charge in [-0.1, -0.05) is 26.7 Å². The Morgan fingerprint density at radius 2 is 1.93 bits per heavy atom. The molecule has 1 heterocycles. The Kier molecular flexibility index (Phi) is 5.51. The number of urea groups is 1. The molecule has 1 saturated heterocycles. The Bertz CT molecular complexity index is 186. The van der Waals surface area contributed by atoms with Crippen LogP contribution < -0.4 is 5.32 Å². The van der Waals surface area contributed by atoms with Crippen LogP contribution in [0.5, 0.6) is 0 Å². The topological polar surface area (TPSA) is 32.3 Å². The van der Waals surface area contributed by atoms with Crippen molar-refractivity contribution in [3.8, 4) is 0 Å². The molecule has 1 aliphatic heterocycles. The average Bonchev–Trinajstić information content (AvgIpc) is 2.27. The number of hydrogen-bond acceptors (Lipinski definition) is 1. The fourth-order valence-electron chi connectivity index (χ4n) is 2.18. The number of piperidine rings is 1. The monoisotopic (exact) mass is 212 g/mol. The number of carbonyl (C=O) groups is 1. The maximum Gasteiger partial charge on any atom is 0.317 e. The largest absolute Gasteiger partial charge is 0.338 e. The highest BCUT2D eigenvalue weighted by atomic mass is 16.2. The summed E-state index contributed by atoms with van der Waals surface area (Å²) in [6, 6.07) is 0.131. The Labute approximate surface area is 93.2 Å². The van der Waals surface area contributed by atoms with Crippen LogP contribution in [0.25, 0.3) is 0 Å². The fraction of sp³-hybridized carbons (Fsp3) is 0.917. The molecule has 1 aliphatic rings. The first-order valence-corrected chi connectivity index (χ1v) is 6.30. The van der Waals surface area contributed by atoms with E-state index < -0.39 is 0 Å². The first-order chi connectivity index (χ1) is 7.27. The highest BCUT2D eigenvalue weighted by Crippen LogP contribution is 2.21. The molecule has 3 nitrogen and oxygen atoms in total. The maximum atomic E-state index is 11.6.